The molecule has 0 N–H and O–H groups in total. The molecule has 0 saturated carbocycles. The Hall–Kier alpha value is -1.87. The van der Waals surface area contributed by atoms with Crippen LogP contribution in [0.3, 0.4) is 0 Å². The molecule has 192 valence electrons. The zero-order chi connectivity index (χ0) is 25.4. The number of benzene rings is 4. The van der Waals surface area contributed by atoms with Crippen molar-refractivity contribution in [3.63, 3.8) is 0 Å². The summed E-state index contributed by atoms with van der Waals surface area (Å²) in [5.41, 5.74) is 5.06. The summed E-state index contributed by atoms with van der Waals surface area (Å²) in [4.78, 5) is 0. The topological polar surface area (TPSA) is 0 Å². The van der Waals surface area contributed by atoms with E-state index >= 15 is 0 Å². The molecular weight excluding hydrogens is 615 g/mol. The van der Waals surface area contributed by atoms with Crippen molar-refractivity contribution < 1.29 is 48.1 Å². The van der Waals surface area contributed by atoms with Crippen molar-refractivity contribution >= 4 is 29.1 Å². The molecule has 0 amide bonds. The van der Waals surface area contributed by atoms with E-state index in [1.165, 1.54) is 32.6 Å². The third-order valence-electron chi connectivity index (χ3n) is 6.27. The Bertz CT molecular complexity index is 1310. The molecule has 0 nitrogen and oxygen atoms in total. The minimum atomic E-state index is -0.981. The van der Waals surface area contributed by atoms with Gasteiger partial charge in [-0.1, -0.05) is 55.0 Å². The molecule has 0 spiro atoms. The SMILES string of the molecule is C[Si](C)(C)c1cc[cH-]c1.[Cl-].[Cl-].[Zr+2]=[Si](c1ccccc1)c1ccccc1.[c-]1cccc2c1Cc1ccccc1-2. The van der Waals surface area contributed by atoms with Gasteiger partial charge < -0.3 is 24.8 Å². The Morgan fingerprint density at radius 1 is 0.711 bits per heavy atom. The molecule has 0 atom stereocenters. The van der Waals surface area contributed by atoms with E-state index in [4.69, 9.17) is 0 Å². The van der Waals surface area contributed by atoms with Gasteiger partial charge in [-0.15, -0.1) is 5.56 Å². The molecule has 6 rings (SSSR count). The van der Waals surface area contributed by atoms with E-state index in [9.17, 15) is 0 Å². The third-order valence-corrected chi connectivity index (χ3v) is 14.4. The summed E-state index contributed by atoms with van der Waals surface area (Å²) in [5.74, 6) is 0. The maximum Gasteiger partial charge on any atom is -0.0253 e. The molecule has 0 aliphatic heterocycles. The molecule has 0 bridgehead atoms. The first-order valence-corrected chi connectivity index (χ1v) is 21.1. The molecule has 0 radical (unpaired) electrons. The van der Waals surface area contributed by atoms with Crippen LogP contribution in [-0.2, 0) is 29.8 Å². The first kappa shape index (κ1) is 32.3. The predicted octanol–water partition coefficient (Wildman–Crippen LogP) is 0.356. The Morgan fingerprint density at radius 2 is 1.26 bits per heavy atom. The Labute approximate surface area is 257 Å². The largest absolute Gasteiger partial charge is 0.179 e. The molecule has 5 heteroatoms. The van der Waals surface area contributed by atoms with Gasteiger partial charge in [-0.25, -0.2) is 11.3 Å². The van der Waals surface area contributed by atoms with Crippen LogP contribution in [0.25, 0.3) is 11.1 Å². The standard InChI is InChI=1S/C13H9.C12H10Si.C8H13Si.2ClH.Zr/c1-3-7-12-10(5-1)9-11-6-2-4-8-13(11)12;1-3-7-11(8-4-1)13-12-9-5-2-6-10-12;1-9(2,3)8-6-4-5-7-8;;;/h1-5,7-8H,9H2;1-10H;4-7H,1-3H3;2*1H;/q-1;;-1;;;+2/p-2. The summed E-state index contributed by atoms with van der Waals surface area (Å²) in [6, 6.07) is 48.5. The number of hydrogen-bond donors (Lipinski definition) is 0. The Kier molecular flexibility index (Phi) is 13.3. The van der Waals surface area contributed by atoms with Gasteiger partial charge in [0.05, 0.1) is 0 Å². The molecule has 1 aliphatic carbocycles. The fraction of sp³-hybridized carbons (Fsp3) is 0.121. The molecule has 38 heavy (non-hydrogen) atoms. The van der Waals surface area contributed by atoms with Crippen LogP contribution in [0.4, 0.5) is 0 Å². The van der Waals surface area contributed by atoms with Gasteiger partial charge in [-0.2, -0.15) is 48.0 Å². The van der Waals surface area contributed by atoms with Gasteiger partial charge in [0.15, 0.2) is 0 Å². The summed E-state index contributed by atoms with van der Waals surface area (Å²) < 4.78 is 0. The van der Waals surface area contributed by atoms with Crippen molar-refractivity contribution in [2.75, 3.05) is 0 Å². The summed E-state index contributed by atoms with van der Waals surface area (Å²) in [6.07, 6.45) is 1.05. The van der Waals surface area contributed by atoms with Gasteiger partial charge in [0.2, 0.25) is 0 Å². The fourth-order valence-electron chi connectivity index (χ4n) is 4.25. The van der Waals surface area contributed by atoms with Gasteiger partial charge in [0, 0.05) is 8.07 Å². The van der Waals surface area contributed by atoms with Crippen molar-refractivity contribution in [3.05, 3.63) is 145 Å². The molecule has 5 aromatic rings. The Balaban J connectivity index is 0.000000200. The normalized spacial score (nSPS) is 10.7. The molecule has 0 fully saturated rings. The van der Waals surface area contributed by atoms with Crippen molar-refractivity contribution in [1.29, 1.82) is 0 Å². The molecule has 0 saturated heterocycles. The van der Waals surface area contributed by atoms with Gasteiger partial charge in [-0.3, -0.25) is 0 Å². The zero-order valence-electron chi connectivity index (χ0n) is 22.1. The second-order valence-corrected chi connectivity index (χ2v) is 20.6. The molecular formula is C33H32Cl2Si2Zr-2. The third kappa shape index (κ3) is 8.83. The average Bonchev–Trinajstić information content (AvgIpc) is 3.59. The quantitative estimate of drug-likeness (QED) is 0.193. The summed E-state index contributed by atoms with van der Waals surface area (Å²) in [6.45, 7) is 7.09. The van der Waals surface area contributed by atoms with Gasteiger partial charge in [-0.05, 0) is 6.42 Å². The summed E-state index contributed by atoms with van der Waals surface area (Å²) >= 11 is 1.64. The minimum absolute atomic E-state index is 0. The zero-order valence-corrected chi connectivity index (χ0v) is 28.1. The van der Waals surface area contributed by atoms with Gasteiger partial charge in [0.25, 0.3) is 0 Å². The molecule has 0 aromatic heterocycles. The first-order valence-electron chi connectivity index (χ1n) is 12.4. The summed E-state index contributed by atoms with van der Waals surface area (Å²) in [5, 5.41) is 4.59. The van der Waals surface area contributed by atoms with Gasteiger partial charge >= 0.3 is 99.8 Å². The Morgan fingerprint density at radius 3 is 1.79 bits per heavy atom. The van der Waals surface area contributed by atoms with Gasteiger partial charge in [0.1, 0.15) is 0 Å². The van der Waals surface area contributed by atoms with E-state index < -0.39 is 13.5 Å². The van der Waals surface area contributed by atoms with E-state index in [1.807, 2.05) is 6.07 Å². The molecule has 0 unspecified atom stereocenters. The number of hydrogen-bond acceptors (Lipinski definition) is 0. The maximum atomic E-state index is 3.30. The van der Waals surface area contributed by atoms with E-state index in [-0.39, 0.29) is 24.8 Å². The van der Waals surface area contributed by atoms with E-state index in [2.05, 4.69) is 147 Å². The second-order valence-electron chi connectivity index (χ2n) is 9.93. The second kappa shape index (κ2) is 15.7. The smallest absolute Gasteiger partial charge is 0.0253 e. The minimum Gasteiger partial charge on any atom is -0.179 e. The fourth-order valence-corrected chi connectivity index (χ4v) is 9.28. The van der Waals surface area contributed by atoms with Crippen LogP contribution >= 0.6 is 0 Å². The van der Waals surface area contributed by atoms with Crippen LogP contribution in [0.5, 0.6) is 0 Å². The van der Waals surface area contributed by atoms with Crippen LogP contribution in [0, 0.1) is 6.07 Å². The number of rotatable bonds is 3. The monoisotopic (exact) mass is 644 g/mol. The summed E-state index contributed by atoms with van der Waals surface area (Å²) in [7, 11) is -0.981. The van der Waals surface area contributed by atoms with Crippen LogP contribution in [0.1, 0.15) is 11.1 Å². The van der Waals surface area contributed by atoms with Crippen LogP contribution < -0.4 is 40.4 Å². The van der Waals surface area contributed by atoms with Crippen LogP contribution in [-0.4, -0.2) is 13.5 Å². The van der Waals surface area contributed by atoms with Crippen LogP contribution in [0.2, 0.25) is 19.6 Å². The number of fused-ring (bicyclic) bond motifs is 3. The first-order chi connectivity index (χ1) is 17.4. The predicted molar refractivity (Wildman–Crippen MR) is 156 cm³/mol. The van der Waals surface area contributed by atoms with Crippen molar-refractivity contribution in [2.24, 2.45) is 0 Å². The molecule has 0 heterocycles. The average molecular weight is 647 g/mol. The van der Waals surface area contributed by atoms with Crippen molar-refractivity contribution in [1.82, 2.24) is 0 Å². The van der Waals surface area contributed by atoms with Crippen LogP contribution in [0.15, 0.2) is 127 Å². The van der Waals surface area contributed by atoms with E-state index in [1.54, 1.807) is 28.5 Å². The molecule has 5 aromatic carbocycles. The van der Waals surface area contributed by atoms with E-state index in [0.717, 1.165) is 6.42 Å². The maximum absolute atomic E-state index is 3.30. The number of halogens is 2. The van der Waals surface area contributed by atoms with E-state index in [0.29, 0.717) is 0 Å². The van der Waals surface area contributed by atoms with Crippen molar-refractivity contribution in [2.45, 2.75) is 26.1 Å². The molecule has 1 aliphatic rings. The van der Waals surface area contributed by atoms with Crippen molar-refractivity contribution in [3.8, 4) is 11.1 Å².